The summed E-state index contributed by atoms with van der Waals surface area (Å²) in [7, 11) is 0. The van der Waals surface area contributed by atoms with Crippen LogP contribution >= 0.6 is 0 Å². The number of carbonyl (C=O) groups excluding carboxylic acids is 1. The second kappa shape index (κ2) is 14.4. The number of nitrogens with one attached hydrogen (secondary N) is 1. The summed E-state index contributed by atoms with van der Waals surface area (Å²) in [4.78, 5) is 12.3. The van der Waals surface area contributed by atoms with Crippen molar-refractivity contribution >= 4 is 5.91 Å². The number of amides is 1. The van der Waals surface area contributed by atoms with E-state index >= 15 is 0 Å². The quantitative estimate of drug-likeness (QED) is 0.348. The van der Waals surface area contributed by atoms with Crippen LogP contribution in [0.25, 0.3) is 0 Å². The van der Waals surface area contributed by atoms with Gasteiger partial charge in [0.15, 0.2) is 0 Å². The minimum absolute atomic E-state index is 0.193. The third-order valence-corrected chi connectivity index (χ3v) is 3.85. The first-order valence-corrected chi connectivity index (χ1v) is 9.51. The van der Waals surface area contributed by atoms with Crippen LogP contribution in [0.15, 0.2) is 18.2 Å². The Hall–Kier alpha value is -1.83. The Morgan fingerprint density at radius 2 is 1.50 bits per heavy atom. The smallest absolute Gasteiger partial charge is 0.255 e. The highest BCUT2D eigenvalue weighted by molar-refractivity contribution is 5.97. The molecule has 0 heterocycles. The molecule has 1 aromatic rings. The van der Waals surface area contributed by atoms with E-state index in [0.29, 0.717) is 56.5 Å². The van der Waals surface area contributed by atoms with Crippen molar-refractivity contribution in [3.8, 4) is 11.5 Å². The van der Waals surface area contributed by atoms with Crippen molar-refractivity contribution in [2.75, 3.05) is 39.4 Å². The molecule has 1 amide bonds. The molecule has 1 aromatic carbocycles. The zero-order valence-corrected chi connectivity index (χ0v) is 15.7. The Labute approximate surface area is 156 Å². The summed E-state index contributed by atoms with van der Waals surface area (Å²) in [6.45, 7) is 3.36. The van der Waals surface area contributed by atoms with E-state index in [0.717, 1.165) is 38.5 Å². The molecule has 0 aliphatic carbocycles. The third kappa shape index (κ3) is 9.03. The van der Waals surface area contributed by atoms with Gasteiger partial charge in [-0.15, -0.1) is 0 Å². The summed E-state index contributed by atoms with van der Waals surface area (Å²) in [5.41, 5.74) is 16.9. The Bertz CT molecular complexity index is 512. The molecule has 0 aromatic heterocycles. The van der Waals surface area contributed by atoms with E-state index in [2.05, 4.69) is 5.32 Å². The number of benzene rings is 1. The zero-order valence-electron chi connectivity index (χ0n) is 15.7. The van der Waals surface area contributed by atoms with Crippen LogP contribution < -0.4 is 32.0 Å². The predicted molar refractivity (Wildman–Crippen MR) is 105 cm³/mol. The Balaban J connectivity index is 2.67. The second-order valence-corrected chi connectivity index (χ2v) is 6.10. The minimum atomic E-state index is -0.193. The monoisotopic (exact) mass is 366 g/mol. The minimum Gasteiger partial charge on any atom is -0.493 e. The summed E-state index contributed by atoms with van der Waals surface area (Å²) in [6, 6.07) is 5.31. The van der Waals surface area contributed by atoms with Gasteiger partial charge in [-0.3, -0.25) is 4.79 Å². The molecule has 1 rings (SSSR count). The molecule has 0 radical (unpaired) electrons. The van der Waals surface area contributed by atoms with E-state index in [1.165, 1.54) is 0 Å². The van der Waals surface area contributed by atoms with Crippen molar-refractivity contribution in [3.63, 3.8) is 0 Å². The molecule has 7 N–H and O–H groups in total. The van der Waals surface area contributed by atoms with E-state index in [4.69, 9.17) is 26.7 Å². The van der Waals surface area contributed by atoms with Crippen molar-refractivity contribution in [1.82, 2.24) is 5.32 Å². The highest BCUT2D eigenvalue weighted by atomic mass is 16.5. The van der Waals surface area contributed by atoms with Gasteiger partial charge in [-0.25, -0.2) is 0 Å². The van der Waals surface area contributed by atoms with Gasteiger partial charge in [-0.05, 0) is 63.7 Å². The first-order chi connectivity index (χ1) is 12.7. The van der Waals surface area contributed by atoms with E-state index in [-0.39, 0.29) is 5.91 Å². The SMILES string of the molecule is NCCCCCOc1ccc(C(=O)NCCN)c(OCCCCCN)c1. The van der Waals surface area contributed by atoms with Crippen LogP contribution in [0.1, 0.15) is 48.9 Å². The fourth-order valence-corrected chi connectivity index (χ4v) is 2.40. The summed E-state index contributed by atoms with van der Waals surface area (Å²) in [5, 5.41) is 2.77. The summed E-state index contributed by atoms with van der Waals surface area (Å²) >= 11 is 0. The Kier molecular flexibility index (Phi) is 12.3. The molecule has 0 bridgehead atoms. The molecule has 0 aliphatic rings. The van der Waals surface area contributed by atoms with Crippen molar-refractivity contribution in [3.05, 3.63) is 23.8 Å². The molecule has 26 heavy (non-hydrogen) atoms. The van der Waals surface area contributed by atoms with Crippen molar-refractivity contribution < 1.29 is 14.3 Å². The van der Waals surface area contributed by atoms with Crippen LogP contribution in [0, 0.1) is 0 Å². The van der Waals surface area contributed by atoms with Crippen LogP contribution in [-0.4, -0.2) is 45.3 Å². The largest absolute Gasteiger partial charge is 0.493 e. The summed E-state index contributed by atoms with van der Waals surface area (Å²) in [5.74, 6) is 1.04. The Morgan fingerprint density at radius 1 is 0.846 bits per heavy atom. The zero-order chi connectivity index (χ0) is 19.0. The van der Waals surface area contributed by atoms with Crippen molar-refractivity contribution in [2.24, 2.45) is 17.2 Å². The van der Waals surface area contributed by atoms with Crippen LogP contribution in [0.4, 0.5) is 0 Å². The second-order valence-electron chi connectivity index (χ2n) is 6.10. The number of carbonyl (C=O) groups is 1. The van der Waals surface area contributed by atoms with Gasteiger partial charge in [-0.2, -0.15) is 0 Å². The number of nitrogens with two attached hydrogens (primary N) is 3. The molecule has 0 atom stereocenters. The molecule has 7 heteroatoms. The lowest BCUT2D eigenvalue weighted by Crippen LogP contribution is -2.29. The number of hydrogen-bond donors (Lipinski definition) is 4. The molecular formula is C19H34N4O3. The van der Waals surface area contributed by atoms with Gasteiger partial charge in [0.25, 0.3) is 5.91 Å². The van der Waals surface area contributed by atoms with Crippen LogP contribution in [-0.2, 0) is 0 Å². The highest BCUT2D eigenvalue weighted by Crippen LogP contribution is 2.25. The number of hydrogen-bond acceptors (Lipinski definition) is 6. The summed E-state index contributed by atoms with van der Waals surface area (Å²) < 4.78 is 11.6. The van der Waals surface area contributed by atoms with Crippen molar-refractivity contribution in [1.29, 1.82) is 0 Å². The van der Waals surface area contributed by atoms with Crippen LogP contribution in [0.3, 0.4) is 0 Å². The fourth-order valence-electron chi connectivity index (χ4n) is 2.40. The average Bonchev–Trinajstić information content (AvgIpc) is 2.66. The maximum Gasteiger partial charge on any atom is 0.255 e. The molecule has 0 saturated carbocycles. The van der Waals surface area contributed by atoms with Gasteiger partial charge in [0.05, 0.1) is 18.8 Å². The Morgan fingerprint density at radius 3 is 2.12 bits per heavy atom. The normalized spacial score (nSPS) is 10.6. The van der Waals surface area contributed by atoms with Crippen LogP contribution in [0.5, 0.6) is 11.5 Å². The van der Waals surface area contributed by atoms with E-state index < -0.39 is 0 Å². The van der Waals surface area contributed by atoms with Gasteiger partial charge in [0.2, 0.25) is 0 Å². The lowest BCUT2D eigenvalue weighted by molar-refractivity contribution is 0.0950. The van der Waals surface area contributed by atoms with Gasteiger partial charge in [-0.1, -0.05) is 0 Å². The van der Waals surface area contributed by atoms with Crippen molar-refractivity contribution in [2.45, 2.75) is 38.5 Å². The molecule has 148 valence electrons. The van der Waals surface area contributed by atoms with Gasteiger partial charge in [0.1, 0.15) is 11.5 Å². The van der Waals surface area contributed by atoms with Gasteiger partial charge >= 0.3 is 0 Å². The topological polar surface area (TPSA) is 126 Å². The van der Waals surface area contributed by atoms with Gasteiger partial charge < -0.3 is 32.0 Å². The molecule has 0 saturated heterocycles. The van der Waals surface area contributed by atoms with Gasteiger partial charge in [0, 0.05) is 19.2 Å². The maximum absolute atomic E-state index is 12.3. The summed E-state index contributed by atoms with van der Waals surface area (Å²) in [6.07, 6.45) is 5.86. The fraction of sp³-hybridized carbons (Fsp3) is 0.632. The van der Waals surface area contributed by atoms with Crippen LogP contribution in [0.2, 0.25) is 0 Å². The van der Waals surface area contributed by atoms with E-state index in [9.17, 15) is 4.79 Å². The average molecular weight is 367 g/mol. The standard InChI is InChI=1S/C19H34N4O3/c20-9-3-1-5-13-25-16-7-8-17(19(24)23-12-11-22)18(15-16)26-14-6-2-4-10-21/h7-8,15H,1-6,9-14,20-22H2,(H,23,24). The first-order valence-electron chi connectivity index (χ1n) is 9.51. The maximum atomic E-state index is 12.3. The number of ether oxygens (including phenoxy) is 2. The molecule has 0 fully saturated rings. The number of unbranched alkanes of at least 4 members (excludes halogenated alkanes) is 4. The van der Waals surface area contributed by atoms with E-state index in [1.807, 2.05) is 0 Å². The lowest BCUT2D eigenvalue weighted by atomic mass is 10.1. The third-order valence-electron chi connectivity index (χ3n) is 3.85. The highest BCUT2D eigenvalue weighted by Gasteiger charge is 2.13. The molecular weight excluding hydrogens is 332 g/mol. The molecule has 0 aliphatic heterocycles. The molecule has 0 spiro atoms. The number of rotatable bonds is 15. The predicted octanol–water partition coefficient (Wildman–Crippen LogP) is 1.39. The first kappa shape index (κ1) is 22.2. The molecule has 7 nitrogen and oxygen atoms in total. The lowest BCUT2D eigenvalue weighted by Gasteiger charge is -2.14. The van der Waals surface area contributed by atoms with E-state index in [1.54, 1.807) is 18.2 Å². The molecule has 0 unspecified atom stereocenters.